The molecule has 2 N–H and O–H groups in total. The molecule has 5 rings (SSSR count). The third-order valence-electron chi connectivity index (χ3n) is 8.19. The number of hydrogen-bond acceptors (Lipinski definition) is 5. The zero-order chi connectivity index (χ0) is 26.5. The third kappa shape index (κ3) is 6.00. The van der Waals surface area contributed by atoms with E-state index in [2.05, 4.69) is 40.3 Å². The number of likely N-dealkylation sites (tertiary alicyclic amines) is 2. The summed E-state index contributed by atoms with van der Waals surface area (Å²) in [4.78, 5) is 35.8. The van der Waals surface area contributed by atoms with Gasteiger partial charge in [0.25, 0.3) is 0 Å². The van der Waals surface area contributed by atoms with Crippen molar-refractivity contribution in [1.29, 1.82) is 0 Å². The smallest absolute Gasteiger partial charge is 0.241 e. The number of amides is 2. The van der Waals surface area contributed by atoms with Crippen molar-refractivity contribution in [1.82, 2.24) is 14.8 Å². The van der Waals surface area contributed by atoms with Gasteiger partial charge >= 0.3 is 0 Å². The van der Waals surface area contributed by atoms with Gasteiger partial charge in [-0.25, -0.2) is 4.98 Å². The number of benzene rings is 2. The van der Waals surface area contributed by atoms with Crippen molar-refractivity contribution in [2.24, 2.45) is 0 Å². The molecule has 2 unspecified atom stereocenters. The third-order valence-corrected chi connectivity index (χ3v) is 8.19. The van der Waals surface area contributed by atoms with Crippen LogP contribution in [0.1, 0.15) is 65.2 Å². The topological polar surface area (TPSA) is 77.6 Å². The number of piperidine rings is 2. The lowest BCUT2D eigenvalue weighted by Crippen LogP contribution is -2.46. The number of carbonyl (C=O) groups is 2. The average Bonchev–Trinajstić information content (AvgIpc) is 2.94. The Hall–Kier alpha value is -3.03. The largest absolute Gasteiger partial charge is 0.325 e. The Bertz CT molecular complexity index is 1180. The number of hydrogen-bond donors (Lipinski definition) is 2. The number of nitrogens with zero attached hydrogens (tertiary/aromatic N) is 3. The number of anilines is 2. The Balaban J connectivity index is 1.32. The first-order valence-electron chi connectivity index (χ1n) is 14.5. The molecule has 3 heterocycles. The molecular formula is C31H41N5O2. The first-order chi connectivity index (χ1) is 18.6. The summed E-state index contributed by atoms with van der Waals surface area (Å²) < 4.78 is 0. The van der Waals surface area contributed by atoms with E-state index in [0.29, 0.717) is 0 Å². The first-order valence-corrected chi connectivity index (χ1v) is 14.5. The molecule has 202 valence electrons. The second-order valence-corrected chi connectivity index (χ2v) is 10.8. The zero-order valence-corrected chi connectivity index (χ0v) is 22.8. The number of aromatic nitrogens is 1. The van der Waals surface area contributed by atoms with Gasteiger partial charge in [0.2, 0.25) is 11.8 Å². The van der Waals surface area contributed by atoms with Gasteiger partial charge in [-0.3, -0.25) is 19.4 Å². The molecule has 0 spiro atoms. The number of fused-ring (bicyclic) bond motifs is 2. The van der Waals surface area contributed by atoms with E-state index in [1.54, 1.807) is 0 Å². The standard InChI is InChI=1S/C31H41N5O2/c1-3-28(35-15-7-5-8-16-35)30(37)32-24-13-11-22-19-23-12-14-25(21-27(23)34-26(22)20-24)33-31(38)29(4-2)36-17-9-6-10-18-36/h11-14,19-21,28-29H,3-10,15-18H2,1-2H3,(H,32,37)(H,33,38). The Morgan fingerprint density at radius 1 is 0.684 bits per heavy atom. The molecule has 0 radical (unpaired) electrons. The number of nitrogens with one attached hydrogen (secondary N) is 2. The molecule has 0 bridgehead atoms. The van der Waals surface area contributed by atoms with Gasteiger partial charge in [-0.2, -0.15) is 0 Å². The molecule has 0 saturated carbocycles. The molecule has 2 saturated heterocycles. The molecule has 2 aliphatic rings. The van der Waals surface area contributed by atoms with Crippen LogP contribution < -0.4 is 10.6 Å². The maximum absolute atomic E-state index is 13.1. The van der Waals surface area contributed by atoms with Gasteiger partial charge in [-0.15, -0.1) is 0 Å². The fraction of sp³-hybridized carbons (Fsp3) is 0.516. The highest BCUT2D eigenvalue weighted by Crippen LogP contribution is 2.26. The second-order valence-electron chi connectivity index (χ2n) is 10.8. The van der Waals surface area contributed by atoms with E-state index in [-0.39, 0.29) is 23.9 Å². The van der Waals surface area contributed by atoms with E-state index in [0.717, 1.165) is 97.9 Å². The second kappa shape index (κ2) is 12.2. The molecular weight excluding hydrogens is 474 g/mol. The van der Waals surface area contributed by atoms with Crippen molar-refractivity contribution >= 4 is 45.0 Å². The zero-order valence-electron chi connectivity index (χ0n) is 22.8. The molecule has 7 heteroatoms. The SMILES string of the molecule is CCC(C(=O)Nc1ccc2cc3ccc(NC(=O)C(CC)N4CCCCC4)cc3nc2c1)N1CCCCC1. The van der Waals surface area contributed by atoms with Crippen LogP contribution in [-0.4, -0.2) is 64.9 Å². The van der Waals surface area contributed by atoms with Crippen molar-refractivity contribution in [2.75, 3.05) is 36.8 Å². The first kappa shape index (κ1) is 26.6. The fourth-order valence-electron chi connectivity index (χ4n) is 6.11. The van der Waals surface area contributed by atoms with Gasteiger partial charge in [0.05, 0.1) is 23.1 Å². The molecule has 1 aromatic heterocycles. The number of carbonyl (C=O) groups excluding carboxylic acids is 2. The summed E-state index contributed by atoms with van der Waals surface area (Å²) in [6.45, 7) is 8.14. The molecule has 3 aromatic rings. The fourth-order valence-corrected chi connectivity index (χ4v) is 6.11. The summed E-state index contributed by atoms with van der Waals surface area (Å²) in [5.74, 6) is 0.109. The van der Waals surface area contributed by atoms with Gasteiger partial charge in [-0.05, 0) is 95.0 Å². The van der Waals surface area contributed by atoms with Crippen LogP contribution in [0.25, 0.3) is 21.8 Å². The van der Waals surface area contributed by atoms with Gasteiger partial charge < -0.3 is 10.6 Å². The summed E-state index contributed by atoms with van der Waals surface area (Å²) in [5.41, 5.74) is 3.18. The molecule has 2 aromatic carbocycles. The van der Waals surface area contributed by atoms with Crippen LogP contribution in [0.2, 0.25) is 0 Å². The van der Waals surface area contributed by atoms with E-state index < -0.39 is 0 Å². The predicted octanol–water partition coefficient (Wildman–Crippen LogP) is 5.79. The Morgan fingerprint density at radius 3 is 1.50 bits per heavy atom. The van der Waals surface area contributed by atoms with Crippen LogP contribution in [0, 0.1) is 0 Å². The minimum Gasteiger partial charge on any atom is -0.325 e. The van der Waals surface area contributed by atoms with Crippen molar-refractivity contribution in [3.63, 3.8) is 0 Å². The lowest BCUT2D eigenvalue weighted by molar-refractivity contribution is -0.122. The van der Waals surface area contributed by atoms with Crippen molar-refractivity contribution < 1.29 is 9.59 Å². The Kier molecular flexibility index (Phi) is 8.55. The highest BCUT2D eigenvalue weighted by molar-refractivity contribution is 6.00. The number of rotatable bonds is 8. The minimum absolute atomic E-state index is 0.0544. The molecule has 7 nitrogen and oxygen atoms in total. The Morgan fingerprint density at radius 2 is 1.11 bits per heavy atom. The van der Waals surface area contributed by atoms with Gasteiger partial charge in [-0.1, -0.05) is 38.8 Å². The maximum atomic E-state index is 13.1. The predicted molar refractivity (Wildman–Crippen MR) is 156 cm³/mol. The van der Waals surface area contributed by atoms with Crippen molar-refractivity contribution in [3.05, 3.63) is 42.5 Å². The molecule has 2 atom stereocenters. The highest BCUT2D eigenvalue weighted by atomic mass is 16.2. The highest BCUT2D eigenvalue weighted by Gasteiger charge is 2.26. The lowest BCUT2D eigenvalue weighted by atomic mass is 10.1. The van der Waals surface area contributed by atoms with E-state index >= 15 is 0 Å². The summed E-state index contributed by atoms with van der Waals surface area (Å²) in [7, 11) is 0. The summed E-state index contributed by atoms with van der Waals surface area (Å²) in [6, 6.07) is 13.7. The van der Waals surface area contributed by atoms with Gasteiger partial charge in [0, 0.05) is 22.1 Å². The molecule has 38 heavy (non-hydrogen) atoms. The van der Waals surface area contributed by atoms with Gasteiger partial charge in [0.1, 0.15) is 0 Å². The van der Waals surface area contributed by atoms with Crippen LogP contribution in [-0.2, 0) is 9.59 Å². The summed E-state index contributed by atoms with van der Waals surface area (Å²) in [6.07, 6.45) is 8.75. The minimum atomic E-state index is -0.0985. The van der Waals surface area contributed by atoms with E-state index in [1.165, 1.54) is 12.8 Å². The summed E-state index contributed by atoms with van der Waals surface area (Å²) in [5, 5.41) is 8.31. The van der Waals surface area contributed by atoms with Crippen molar-refractivity contribution in [2.45, 2.75) is 77.3 Å². The van der Waals surface area contributed by atoms with Crippen LogP contribution in [0.3, 0.4) is 0 Å². The monoisotopic (exact) mass is 515 g/mol. The van der Waals surface area contributed by atoms with Crippen LogP contribution >= 0.6 is 0 Å². The molecule has 0 aliphatic carbocycles. The van der Waals surface area contributed by atoms with Gasteiger partial charge in [0.15, 0.2) is 0 Å². The van der Waals surface area contributed by atoms with Crippen LogP contribution in [0.4, 0.5) is 11.4 Å². The molecule has 2 aliphatic heterocycles. The number of pyridine rings is 1. The van der Waals surface area contributed by atoms with Crippen molar-refractivity contribution in [3.8, 4) is 0 Å². The maximum Gasteiger partial charge on any atom is 0.241 e. The lowest BCUT2D eigenvalue weighted by Gasteiger charge is -2.33. The molecule has 2 fully saturated rings. The van der Waals surface area contributed by atoms with E-state index in [4.69, 9.17) is 4.98 Å². The van der Waals surface area contributed by atoms with Crippen LogP contribution in [0.5, 0.6) is 0 Å². The summed E-state index contributed by atoms with van der Waals surface area (Å²) >= 11 is 0. The van der Waals surface area contributed by atoms with E-state index in [9.17, 15) is 9.59 Å². The average molecular weight is 516 g/mol. The normalized spacial score (nSPS) is 18.8. The van der Waals surface area contributed by atoms with Crippen LogP contribution in [0.15, 0.2) is 42.5 Å². The molecule has 2 amide bonds. The Labute approximate surface area is 226 Å². The van der Waals surface area contributed by atoms with E-state index in [1.807, 2.05) is 36.4 Å². The quantitative estimate of drug-likeness (QED) is 0.371.